The number of nitro groups is 1. The lowest BCUT2D eigenvalue weighted by atomic mass is 10.0. The van der Waals surface area contributed by atoms with E-state index in [2.05, 4.69) is 11.4 Å². The normalized spacial score (nSPS) is 10.9. The molecule has 9 heteroatoms. The van der Waals surface area contributed by atoms with Crippen molar-refractivity contribution in [1.29, 1.82) is 5.26 Å². The van der Waals surface area contributed by atoms with Gasteiger partial charge in [-0.15, -0.1) is 0 Å². The predicted octanol–water partition coefficient (Wildman–Crippen LogP) is 6.29. The zero-order valence-corrected chi connectivity index (χ0v) is 18.9. The molecule has 1 N–H and O–H groups in total. The lowest BCUT2D eigenvalue weighted by Crippen LogP contribution is -2.20. The van der Waals surface area contributed by atoms with Crippen molar-refractivity contribution in [2.45, 2.75) is 6.92 Å². The fraction of sp³-hybridized carbons (Fsp3) is 0.0833. The number of hydrogen-bond donors (Lipinski definition) is 1. The molecular weight excluding hydrogens is 465 g/mol. The molecule has 0 saturated heterocycles. The summed E-state index contributed by atoms with van der Waals surface area (Å²) in [6.07, 6.45) is 1.55. The van der Waals surface area contributed by atoms with E-state index in [1.807, 2.05) is 25.1 Å². The summed E-state index contributed by atoms with van der Waals surface area (Å²) in [5.74, 6) is -0.227. The molecule has 0 bridgehead atoms. The van der Waals surface area contributed by atoms with Crippen molar-refractivity contribution >= 4 is 52.1 Å². The van der Waals surface area contributed by atoms with Gasteiger partial charge in [-0.05, 0) is 60.0 Å². The Morgan fingerprint density at radius 3 is 2.36 bits per heavy atom. The lowest BCUT2D eigenvalue weighted by Gasteiger charge is -2.12. The number of non-ortho nitro benzene ring substituents is 1. The third-order valence-corrected chi connectivity index (χ3v) is 5.17. The molecular formula is C24H17Cl2N3O4. The molecule has 0 fully saturated rings. The van der Waals surface area contributed by atoms with Gasteiger partial charge in [-0.3, -0.25) is 14.9 Å². The molecule has 0 unspecified atom stereocenters. The van der Waals surface area contributed by atoms with Crippen LogP contribution in [0.3, 0.4) is 0 Å². The molecule has 1 amide bonds. The molecule has 166 valence electrons. The third kappa shape index (κ3) is 6.10. The van der Waals surface area contributed by atoms with Crippen LogP contribution in [0.4, 0.5) is 11.4 Å². The molecule has 0 saturated carbocycles. The fourth-order valence-corrected chi connectivity index (χ4v) is 3.56. The number of ether oxygens (including phenoxy) is 1. The second-order valence-corrected chi connectivity index (χ2v) is 7.75. The quantitative estimate of drug-likeness (QED) is 0.184. The van der Waals surface area contributed by atoms with Crippen molar-refractivity contribution in [1.82, 2.24) is 0 Å². The Morgan fingerprint density at radius 2 is 1.79 bits per heavy atom. The monoisotopic (exact) mass is 481 g/mol. The van der Waals surface area contributed by atoms with Crippen molar-refractivity contribution in [3.63, 3.8) is 0 Å². The van der Waals surface area contributed by atoms with Gasteiger partial charge in [0.05, 0.1) is 26.6 Å². The summed E-state index contributed by atoms with van der Waals surface area (Å²) in [5, 5.41) is 23.4. The Bertz CT molecular complexity index is 1260. The van der Waals surface area contributed by atoms with Gasteiger partial charge >= 0.3 is 0 Å². The summed E-state index contributed by atoms with van der Waals surface area (Å²) in [7, 11) is 0. The minimum Gasteiger partial charge on any atom is -0.481 e. The number of allylic oxidation sites excluding steroid dienone is 1. The number of carbonyl (C=O) groups is 1. The number of aryl methyl sites for hydroxylation is 1. The molecule has 3 aromatic carbocycles. The average Bonchev–Trinajstić information content (AvgIpc) is 2.78. The predicted molar refractivity (Wildman–Crippen MR) is 128 cm³/mol. The van der Waals surface area contributed by atoms with Crippen molar-refractivity contribution in [3.05, 3.63) is 97.5 Å². The summed E-state index contributed by atoms with van der Waals surface area (Å²) >= 11 is 12.6. The minimum atomic E-state index is -0.515. The van der Waals surface area contributed by atoms with E-state index in [-0.39, 0.29) is 39.6 Å². The van der Waals surface area contributed by atoms with Crippen LogP contribution < -0.4 is 10.1 Å². The number of nitrogens with zero attached hydrogens (tertiary/aromatic N) is 2. The zero-order valence-electron chi connectivity index (χ0n) is 17.3. The molecule has 0 aliphatic carbocycles. The van der Waals surface area contributed by atoms with Gasteiger partial charge in [-0.2, -0.15) is 5.26 Å². The first-order chi connectivity index (χ1) is 15.8. The summed E-state index contributed by atoms with van der Waals surface area (Å²) in [6.45, 7) is 1.58. The number of nitro benzene ring substituents is 1. The highest BCUT2D eigenvalue weighted by atomic mass is 35.5. The largest absolute Gasteiger partial charge is 0.481 e. The molecule has 0 atom stereocenters. The number of amides is 1. The zero-order chi connectivity index (χ0) is 24.0. The summed E-state index contributed by atoms with van der Waals surface area (Å²) < 4.78 is 5.52. The van der Waals surface area contributed by atoms with E-state index in [9.17, 15) is 20.2 Å². The first kappa shape index (κ1) is 23.8. The van der Waals surface area contributed by atoms with Gasteiger partial charge in [0.2, 0.25) is 0 Å². The molecule has 0 aromatic heterocycles. The first-order valence-electron chi connectivity index (χ1n) is 9.62. The maximum atomic E-state index is 12.2. The maximum absolute atomic E-state index is 12.2. The summed E-state index contributed by atoms with van der Waals surface area (Å²) in [6, 6.07) is 18.1. The molecule has 3 aromatic rings. The number of benzene rings is 3. The van der Waals surface area contributed by atoms with E-state index in [0.717, 1.165) is 5.56 Å². The number of hydrogen-bond acceptors (Lipinski definition) is 5. The maximum Gasteiger partial charge on any atom is 0.269 e. The highest BCUT2D eigenvalue weighted by molar-refractivity contribution is 6.37. The number of para-hydroxylation sites is 1. The number of nitriles is 1. The molecule has 3 rings (SSSR count). The minimum absolute atomic E-state index is 0.0740. The highest BCUT2D eigenvalue weighted by Crippen LogP contribution is 2.35. The van der Waals surface area contributed by atoms with Crippen LogP contribution in [0.15, 0.2) is 60.7 Å². The van der Waals surface area contributed by atoms with Gasteiger partial charge in [0.15, 0.2) is 12.4 Å². The summed E-state index contributed by atoms with van der Waals surface area (Å²) in [4.78, 5) is 22.5. The van der Waals surface area contributed by atoms with Crippen LogP contribution in [0.2, 0.25) is 10.0 Å². The lowest BCUT2D eigenvalue weighted by molar-refractivity contribution is -0.384. The van der Waals surface area contributed by atoms with Gasteiger partial charge in [0.1, 0.15) is 0 Å². The number of nitrogens with one attached hydrogen (secondary N) is 1. The van der Waals surface area contributed by atoms with E-state index in [1.54, 1.807) is 24.3 Å². The van der Waals surface area contributed by atoms with Gasteiger partial charge in [-0.1, -0.05) is 41.4 Å². The van der Waals surface area contributed by atoms with E-state index in [1.165, 1.54) is 24.3 Å². The fourth-order valence-electron chi connectivity index (χ4n) is 2.95. The second kappa shape index (κ2) is 10.6. The smallest absolute Gasteiger partial charge is 0.269 e. The van der Waals surface area contributed by atoms with Crippen LogP contribution >= 0.6 is 23.2 Å². The average molecular weight is 482 g/mol. The number of anilines is 1. The van der Waals surface area contributed by atoms with Crippen LogP contribution in [0.1, 0.15) is 16.7 Å². The molecule has 0 aliphatic heterocycles. The van der Waals surface area contributed by atoms with E-state index < -0.39 is 4.92 Å². The molecule has 33 heavy (non-hydrogen) atoms. The SMILES string of the molecule is Cc1ccccc1NC(=O)COc1c(Cl)cc(/C=C(\C#N)c2ccc([N+](=O)[O-])cc2)cc1Cl. The van der Waals surface area contributed by atoms with Crippen LogP contribution in [0, 0.1) is 28.4 Å². The molecule has 0 heterocycles. The van der Waals surface area contributed by atoms with E-state index in [4.69, 9.17) is 27.9 Å². The van der Waals surface area contributed by atoms with Gasteiger partial charge in [0.25, 0.3) is 11.6 Å². The topological polar surface area (TPSA) is 105 Å². The van der Waals surface area contributed by atoms with E-state index in [0.29, 0.717) is 16.8 Å². The first-order valence-corrected chi connectivity index (χ1v) is 10.4. The Labute approximate surface area is 200 Å². The molecule has 0 aliphatic rings. The van der Waals surface area contributed by atoms with Gasteiger partial charge in [-0.25, -0.2) is 0 Å². The van der Waals surface area contributed by atoms with Crippen LogP contribution in [0.5, 0.6) is 5.75 Å². The second-order valence-electron chi connectivity index (χ2n) is 6.94. The van der Waals surface area contributed by atoms with Crippen LogP contribution in [-0.2, 0) is 4.79 Å². The van der Waals surface area contributed by atoms with Gasteiger partial charge in [0, 0.05) is 17.8 Å². The summed E-state index contributed by atoms with van der Waals surface area (Å²) in [5.41, 5.74) is 2.82. The van der Waals surface area contributed by atoms with Gasteiger partial charge < -0.3 is 10.1 Å². The number of carbonyl (C=O) groups excluding carboxylic acids is 1. The van der Waals surface area contributed by atoms with Crippen LogP contribution in [-0.4, -0.2) is 17.4 Å². The number of rotatable bonds is 7. The van der Waals surface area contributed by atoms with Crippen molar-refractivity contribution in [2.24, 2.45) is 0 Å². The Kier molecular flexibility index (Phi) is 7.67. The third-order valence-electron chi connectivity index (χ3n) is 4.61. The van der Waals surface area contributed by atoms with Crippen LogP contribution in [0.25, 0.3) is 11.6 Å². The van der Waals surface area contributed by atoms with E-state index >= 15 is 0 Å². The van der Waals surface area contributed by atoms with Crippen molar-refractivity contribution < 1.29 is 14.5 Å². The number of halogens is 2. The Morgan fingerprint density at radius 1 is 1.15 bits per heavy atom. The standard InChI is InChI=1S/C24H17Cl2N3O4/c1-15-4-2-3-5-22(15)28-23(30)14-33-24-20(25)11-16(12-21(24)26)10-18(13-27)17-6-8-19(9-7-17)29(31)32/h2-12H,14H2,1H3,(H,28,30)/b18-10+. The van der Waals surface area contributed by atoms with Crippen molar-refractivity contribution in [3.8, 4) is 11.8 Å². The van der Waals surface area contributed by atoms with Crippen molar-refractivity contribution in [2.75, 3.05) is 11.9 Å². The molecule has 0 radical (unpaired) electrons. The Balaban J connectivity index is 1.75. The molecule has 7 nitrogen and oxygen atoms in total. The molecule has 0 spiro atoms. The Hall–Kier alpha value is -3.86. The highest BCUT2D eigenvalue weighted by Gasteiger charge is 2.13.